The van der Waals surface area contributed by atoms with Crippen molar-refractivity contribution >= 4 is 5.91 Å². The van der Waals surface area contributed by atoms with Crippen LogP contribution in [0.1, 0.15) is 226 Å². The number of aliphatic hydroxyl groups excluding tert-OH is 8. The molecule has 2 heterocycles. The van der Waals surface area contributed by atoms with Gasteiger partial charge in [-0.25, -0.2) is 0 Å². The number of allylic oxidation sites excluding steroid dienone is 2. The van der Waals surface area contributed by atoms with Crippen LogP contribution in [0.5, 0.6) is 0 Å². The number of unbranched alkanes of at least 4 members (excludes halogenated alkanes) is 28. The lowest BCUT2D eigenvalue weighted by atomic mass is 9.97. The molecule has 14 heteroatoms. The molecule has 67 heavy (non-hydrogen) atoms. The van der Waals surface area contributed by atoms with Crippen molar-refractivity contribution in [3.05, 3.63) is 12.2 Å². The fraction of sp³-hybridized carbons (Fsp3) is 0.943. The Bertz CT molecular complexity index is 1180. The summed E-state index contributed by atoms with van der Waals surface area (Å²) in [5, 5.41) is 87.0. The van der Waals surface area contributed by atoms with Crippen molar-refractivity contribution in [2.24, 2.45) is 0 Å². The minimum atomic E-state index is -1.78. The number of nitrogens with one attached hydrogen (secondary N) is 1. The maximum atomic E-state index is 13.2. The van der Waals surface area contributed by atoms with Crippen molar-refractivity contribution in [1.29, 1.82) is 0 Å². The highest BCUT2D eigenvalue weighted by Crippen LogP contribution is 2.30. The molecule has 1 amide bonds. The van der Waals surface area contributed by atoms with E-state index in [1.54, 1.807) is 0 Å². The molecule has 14 nitrogen and oxygen atoms in total. The average Bonchev–Trinajstić information content (AvgIpc) is 3.32. The Morgan fingerprint density at radius 2 is 0.940 bits per heavy atom. The molecule has 0 saturated carbocycles. The van der Waals surface area contributed by atoms with Gasteiger partial charge in [0.25, 0.3) is 0 Å². The summed E-state index contributed by atoms with van der Waals surface area (Å²) in [7, 11) is 0. The lowest BCUT2D eigenvalue weighted by Crippen LogP contribution is -2.65. The van der Waals surface area contributed by atoms with E-state index < -0.39 is 86.8 Å². The second kappa shape index (κ2) is 40.3. The van der Waals surface area contributed by atoms with Crippen LogP contribution < -0.4 is 5.32 Å². The molecule has 2 fully saturated rings. The third-order valence-electron chi connectivity index (χ3n) is 13.7. The summed E-state index contributed by atoms with van der Waals surface area (Å²) in [5.41, 5.74) is 0. The molecule has 0 bridgehead atoms. The maximum absolute atomic E-state index is 13.2. The van der Waals surface area contributed by atoms with Crippen LogP contribution in [0, 0.1) is 0 Å². The van der Waals surface area contributed by atoms with Gasteiger partial charge in [-0.1, -0.05) is 193 Å². The topological polar surface area (TPSA) is 228 Å². The number of hydrogen-bond acceptors (Lipinski definition) is 13. The number of hydrogen-bond donors (Lipinski definition) is 9. The van der Waals surface area contributed by atoms with Gasteiger partial charge in [-0.2, -0.15) is 0 Å². The minimum absolute atomic E-state index is 0.209. The summed E-state index contributed by atoms with van der Waals surface area (Å²) in [6.45, 7) is 2.86. The zero-order valence-electron chi connectivity index (χ0n) is 42.2. The Labute approximate surface area is 406 Å². The molecule has 2 saturated heterocycles. The van der Waals surface area contributed by atoms with Crippen LogP contribution in [0.4, 0.5) is 0 Å². The third kappa shape index (κ3) is 27.2. The Balaban J connectivity index is 1.80. The normalized spacial score (nSPS) is 26.6. The van der Waals surface area contributed by atoms with Crippen molar-refractivity contribution in [3.63, 3.8) is 0 Å². The van der Waals surface area contributed by atoms with Crippen LogP contribution in [0.25, 0.3) is 0 Å². The first-order valence-electron chi connectivity index (χ1n) is 27.4. The van der Waals surface area contributed by atoms with Gasteiger partial charge in [-0.05, 0) is 38.5 Å². The molecule has 2 aliphatic rings. The number of carbonyl (C=O) groups excluding carboxylic acids is 1. The second-order valence-electron chi connectivity index (χ2n) is 19.7. The van der Waals surface area contributed by atoms with Crippen LogP contribution >= 0.6 is 0 Å². The molecule has 0 spiro atoms. The van der Waals surface area contributed by atoms with E-state index in [1.165, 1.54) is 141 Å². The van der Waals surface area contributed by atoms with E-state index in [0.717, 1.165) is 57.8 Å². The summed E-state index contributed by atoms with van der Waals surface area (Å²) < 4.78 is 22.8. The van der Waals surface area contributed by atoms with E-state index in [2.05, 4.69) is 31.3 Å². The predicted molar refractivity (Wildman–Crippen MR) is 263 cm³/mol. The van der Waals surface area contributed by atoms with Gasteiger partial charge in [0.15, 0.2) is 12.6 Å². The van der Waals surface area contributed by atoms with Gasteiger partial charge < -0.3 is 65.1 Å². The zero-order valence-corrected chi connectivity index (χ0v) is 42.2. The van der Waals surface area contributed by atoms with Gasteiger partial charge in [-0.3, -0.25) is 4.79 Å². The van der Waals surface area contributed by atoms with E-state index in [9.17, 15) is 45.6 Å². The van der Waals surface area contributed by atoms with Gasteiger partial charge in [0.1, 0.15) is 48.8 Å². The molecule has 12 atom stereocenters. The molecular formula is C53H101NO13. The first-order valence-corrected chi connectivity index (χ1v) is 27.4. The fourth-order valence-electron chi connectivity index (χ4n) is 9.23. The minimum Gasteiger partial charge on any atom is -0.394 e. The van der Waals surface area contributed by atoms with Crippen LogP contribution in [0.3, 0.4) is 0 Å². The van der Waals surface area contributed by atoms with Crippen molar-refractivity contribution in [2.75, 3.05) is 19.8 Å². The number of rotatable bonds is 43. The molecule has 9 N–H and O–H groups in total. The summed E-state index contributed by atoms with van der Waals surface area (Å²) in [5.74, 6) is -0.209. The summed E-state index contributed by atoms with van der Waals surface area (Å²) in [6.07, 6.45) is 26.3. The van der Waals surface area contributed by atoms with Gasteiger partial charge in [0, 0.05) is 6.42 Å². The molecule has 0 aromatic rings. The molecule has 12 unspecified atom stereocenters. The monoisotopic (exact) mass is 960 g/mol. The lowest BCUT2D eigenvalue weighted by molar-refractivity contribution is -0.359. The molecular weight excluding hydrogens is 859 g/mol. The van der Waals surface area contributed by atoms with Gasteiger partial charge in [0.05, 0.1) is 32.0 Å². The summed E-state index contributed by atoms with van der Waals surface area (Å²) in [6, 6.07) is -0.827. The molecule has 0 radical (unpaired) electrons. The maximum Gasteiger partial charge on any atom is 0.220 e. The number of carbonyl (C=O) groups is 1. The third-order valence-corrected chi connectivity index (χ3v) is 13.7. The van der Waals surface area contributed by atoms with Gasteiger partial charge in [-0.15, -0.1) is 0 Å². The highest BCUT2D eigenvalue weighted by molar-refractivity contribution is 5.76. The highest BCUT2D eigenvalue weighted by atomic mass is 16.7. The lowest BCUT2D eigenvalue weighted by Gasteiger charge is -2.46. The van der Waals surface area contributed by atoms with E-state index >= 15 is 0 Å². The first-order chi connectivity index (χ1) is 32.6. The van der Waals surface area contributed by atoms with Crippen LogP contribution in [-0.4, -0.2) is 140 Å². The van der Waals surface area contributed by atoms with E-state index in [0.29, 0.717) is 12.8 Å². The van der Waals surface area contributed by atoms with Gasteiger partial charge >= 0.3 is 0 Å². The molecule has 0 aromatic carbocycles. The zero-order chi connectivity index (χ0) is 48.9. The number of amides is 1. The van der Waals surface area contributed by atoms with Crippen molar-refractivity contribution in [2.45, 2.75) is 299 Å². The van der Waals surface area contributed by atoms with Crippen LogP contribution in [0.2, 0.25) is 0 Å². The summed E-state index contributed by atoms with van der Waals surface area (Å²) in [4.78, 5) is 13.2. The van der Waals surface area contributed by atoms with E-state index in [4.69, 9.17) is 18.9 Å². The Morgan fingerprint density at radius 3 is 1.42 bits per heavy atom. The smallest absolute Gasteiger partial charge is 0.220 e. The van der Waals surface area contributed by atoms with Crippen molar-refractivity contribution in [3.8, 4) is 0 Å². The van der Waals surface area contributed by atoms with Crippen LogP contribution in [0.15, 0.2) is 12.2 Å². The Morgan fingerprint density at radius 1 is 0.522 bits per heavy atom. The largest absolute Gasteiger partial charge is 0.394 e. The van der Waals surface area contributed by atoms with E-state index in [1.807, 2.05) is 0 Å². The Kier molecular flexibility index (Phi) is 37.2. The number of ether oxygens (including phenoxy) is 4. The second-order valence-corrected chi connectivity index (χ2v) is 19.7. The predicted octanol–water partition coefficient (Wildman–Crippen LogP) is 7.94. The average molecular weight is 960 g/mol. The standard InChI is InChI=1S/C53H101NO13/c1-3-5-7-9-11-13-15-17-19-20-21-23-25-27-29-31-33-35-37-45(58)54-41(42(57)36-34-32-30-28-26-24-22-18-16-14-12-10-8-6-4-2)40-64-52-50(63)48(61)51(44(39-56)66-52)67-53-49(62)47(60)46(59)43(38-55)65-53/h19-20,41-44,46-53,55-57,59-63H,3-18,21-40H2,1-2H3,(H,54,58)/b20-19-. The Hall–Kier alpha value is -1.27. The first kappa shape index (κ1) is 61.8. The molecule has 396 valence electrons. The van der Waals surface area contributed by atoms with Gasteiger partial charge in [0.2, 0.25) is 5.91 Å². The quantitative estimate of drug-likeness (QED) is 0.0209. The molecule has 2 rings (SSSR count). The molecule has 0 aromatic heterocycles. The van der Waals surface area contributed by atoms with Crippen molar-refractivity contribution < 1.29 is 64.6 Å². The SMILES string of the molecule is CCCCCCCCC/C=C\CCCCCCCCCC(=O)NC(COC1OC(CO)C(OC2OC(CO)C(O)C(O)C2O)C(O)C1O)C(O)CCCCCCCCCCCCCCCCC. The molecule has 2 aliphatic heterocycles. The summed E-state index contributed by atoms with van der Waals surface area (Å²) >= 11 is 0. The van der Waals surface area contributed by atoms with Crippen LogP contribution in [-0.2, 0) is 23.7 Å². The highest BCUT2D eigenvalue weighted by Gasteiger charge is 2.51. The molecule has 0 aliphatic carbocycles. The fourth-order valence-corrected chi connectivity index (χ4v) is 9.23. The van der Waals surface area contributed by atoms with Crippen molar-refractivity contribution in [1.82, 2.24) is 5.32 Å². The number of aliphatic hydroxyl groups is 8. The van der Waals surface area contributed by atoms with E-state index in [-0.39, 0.29) is 12.5 Å².